The topological polar surface area (TPSA) is 21.3 Å². The first kappa shape index (κ1) is 14.7. The fraction of sp³-hybridized carbons (Fsp3) is 0.294. The Balaban J connectivity index is 1.75. The van der Waals surface area contributed by atoms with E-state index in [2.05, 4.69) is 17.4 Å². The number of hydrogen-bond acceptors (Lipinski definition) is 2. The molecule has 0 aromatic heterocycles. The lowest BCUT2D eigenvalue weighted by Gasteiger charge is -2.20. The molecule has 2 aromatic carbocycles. The van der Waals surface area contributed by atoms with Crippen LogP contribution in [0.3, 0.4) is 0 Å². The maximum absolute atomic E-state index is 6.11. The summed E-state index contributed by atoms with van der Waals surface area (Å²) >= 11 is 12.0. The molecule has 1 aliphatic rings. The summed E-state index contributed by atoms with van der Waals surface area (Å²) in [5.74, 6) is 0.732. The van der Waals surface area contributed by atoms with E-state index in [0.29, 0.717) is 16.1 Å². The highest BCUT2D eigenvalue weighted by atomic mass is 35.5. The monoisotopic (exact) mass is 321 g/mol. The van der Waals surface area contributed by atoms with Gasteiger partial charge in [0.2, 0.25) is 0 Å². The molecule has 0 amide bonds. The number of nitrogens with one attached hydrogen (secondary N) is 1. The van der Waals surface area contributed by atoms with Crippen LogP contribution in [0.15, 0.2) is 48.5 Å². The van der Waals surface area contributed by atoms with Gasteiger partial charge in [-0.25, -0.2) is 0 Å². The Morgan fingerprint density at radius 2 is 1.81 bits per heavy atom. The number of hydrogen-bond donors (Lipinski definition) is 1. The van der Waals surface area contributed by atoms with E-state index in [-0.39, 0.29) is 6.10 Å². The van der Waals surface area contributed by atoms with Gasteiger partial charge in [0.05, 0.1) is 10.0 Å². The maximum Gasteiger partial charge on any atom is 0.136 e. The first-order valence-electron chi connectivity index (χ1n) is 7.12. The van der Waals surface area contributed by atoms with Gasteiger partial charge in [-0.3, -0.25) is 0 Å². The van der Waals surface area contributed by atoms with Gasteiger partial charge >= 0.3 is 0 Å². The minimum atomic E-state index is -0.0379. The van der Waals surface area contributed by atoms with E-state index in [1.54, 1.807) is 12.1 Å². The molecule has 110 valence electrons. The highest BCUT2D eigenvalue weighted by molar-refractivity contribution is 6.42. The van der Waals surface area contributed by atoms with Gasteiger partial charge < -0.3 is 10.1 Å². The van der Waals surface area contributed by atoms with Crippen LogP contribution in [0.1, 0.15) is 24.5 Å². The molecule has 4 heteroatoms. The molecule has 1 atom stereocenters. The van der Waals surface area contributed by atoms with Gasteiger partial charge in [0.25, 0.3) is 0 Å². The maximum atomic E-state index is 6.11. The molecule has 1 N–H and O–H groups in total. The first-order chi connectivity index (χ1) is 10.2. The third-order valence-electron chi connectivity index (χ3n) is 3.51. The second-order valence-corrected chi connectivity index (χ2v) is 6.09. The number of rotatable bonds is 6. The Bertz CT molecular complexity index is 599. The third-order valence-corrected chi connectivity index (χ3v) is 4.25. The lowest BCUT2D eigenvalue weighted by molar-refractivity contribution is 0.201. The van der Waals surface area contributed by atoms with Crippen molar-refractivity contribution in [1.29, 1.82) is 0 Å². The van der Waals surface area contributed by atoms with E-state index >= 15 is 0 Å². The molecule has 2 aromatic rings. The van der Waals surface area contributed by atoms with Gasteiger partial charge in [-0.15, -0.1) is 0 Å². The van der Waals surface area contributed by atoms with Gasteiger partial charge in [-0.1, -0.05) is 53.5 Å². The fourth-order valence-corrected chi connectivity index (χ4v) is 2.46. The van der Waals surface area contributed by atoms with E-state index in [4.69, 9.17) is 27.9 Å². The van der Waals surface area contributed by atoms with Crippen molar-refractivity contribution in [2.45, 2.75) is 25.0 Å². The zero-order chi connectivity index (χ0) is 14.7. The highest BCUT2D eigenvalue weighted by Gasteiger charge is 2.23. The predicted octanol–water partition coefficient (Wildman–Crippen LogP) is 4.87. The summed E-state index contributed by atoms with van der Waals surface area (Å²) in [5, 5.41) is 4.57. The van der Waals surface area contributed by atoms with Crippen molar-refractivity contribution >= 4 is 23.2 Å². The van der Waals surface area contributed by atoms with Crippen molar-refractivity contribution in [2.24, 2.45) is 0 Å². The molecule has 1 saturated carbocycles. The summed E-state index contributed by atoms with van der Waals surface area (Å²) in [6, 6.07) is 16.2. The molecule has 1 fully saturated rings. The molecular formula is C17H17Cl2NO. The van der Waals surface area contributed by atoms with Crippen LogP contribution in [-0.2, 0) is 0 Å². The number of benzene rings is 2. The number of ether oxygens (including phenoxy) is 1. The Morgan fingerprint density at radius 1 is 1.05 bits per heavy atom. The SMILES string of the molecule is Clc1ccc(OC(CNC2CC2)c2ccccc2)cc1Cl. The van der Waals surface area contributed by atoms with Gasteiger partial charge in [-0.2, -0.15) is 0 Å². The van der Waals surface area contributed by atoms with Gasteiger partial charge in [-0.05, 0) is 30.5 Å². The normalized spacial score (nSPS) is 15.7. The van der Waals surface area contributed by atoms with Crippen molar-refractivity contribution in [1.82, 2.24) is 5.32 Å². The quantitative estimate of drug-likeness (QED) is 0.819. The van der Waals surface area contributed by atoms with E-state index in [9.17, 15) is 0 Å². The molecule has 0 bridgehead atoms. The molecule has 0 spiro atoms. The fourth-order valence-electron chi connectivity index (χ4n) is 2.17. The zero-order valence-corrected chi connectivity index (χ0v) is 13.1. The minimum absolute atomic E-state index is 0.0379. The number of halogens is 2. The Morgan fingerprint density at radius 3 is 2.48 bits per heavy atom. The molecule has 0 aliphatic heterocycles. The van der Waals surface area contributed by atoms with E-state index < -0.39 is 0 Å². The summed E-state index contributed by atoms with van der Waals surface area (Å²) < 4.78 is 6.11. The van der Waals surface area contributed by atoms with Crippen molar-refractivity contribution in [2.75, 3.05) is 6.54 Å². The minimum Gasteiger partial charge on any atom is -0.484 e. The van der Waals surface area contributed by atoms with Crippen LogP contribution in [0.2, 0.25) is 10.0 Å². The molecule has 3 rings (SSSR count). The highest BCUT2D eigenvalue weighted by Crippen LogP contribution is 2.29. The molecule has 21 heavy (non-hydrogen) atoms. The van der Waals surface area contributed by atoms with Crippen LogP contribution >= 0.6 is 23.2 Å². The molecule has 0 saturated heterocycles. The lowest BCUT2D eigenvalue weighted by atomic mass is 10.1. The molecule has 0 radical (unpaired) electrons. The molecule has 1 aliphatic carbocycles. The lowest BCUT2D eigenvalue weighted by Crippen LogP contribution is -2.26. The Labute approximate surface area is 135 Å². The average molecular weight is 322 g/mol. The third kappa shape index (κ3) is 4.13. The summed E-state index contributed by atoms with van der Waals surface area (Å²) in [6.45, 7) is 0.787. The predicted molar refractivity (Wildman–Crippen MR) is 87.3 cm³/mol. The largest absolute Gasteiger partial charge is 0.484 e. The van der Waals surface area contributed by atoms with Gasteiger partial charge in [0, 0.05) is 18.7 Å². The average Bonchev–Trinajstić information content (AvgIpc) is 3.32. The summed E-state index contributed by atoms with van der Waals surface area (Å²) in [7, 11) is 0. The van der Waals surface area contributed by atoms with Crippen LogP contribution in [-0.4, -0.2) is 12.6 Å². The van der Waals surface area contributed by atoms with Crippen molar-refractivity contribution < 1.29 is 4.74 Å². The Hall–Kier alpha value is -1.22. The van der Waals surface area contributed by atoms with Crippen molar-refractivity contribution in [3.8, 4) is 5.75 Å². The second-order valence-electron chi connectivity index (χ2n) is 5.28. The smallest absolute Gasteiger partial charge is 0.136 e. The van der Waals surface area contributed by atoms with E-state index in [1.165, 1.54) is 12.8 Å². The van der Waals surface area contributed by atoms with E-state index in [1.807, 2.05) is 24.3 Å². The van der Waals surface area contributed by atoms with Crippen LogP contribution < -0.4 is 10.1 Å². The van der Waals surface area contributed by atoms with Crippen molar-refractivity contribution in [3.63, 3.8) is 0 Å². The zero-order valence-electron chi connectivity index (χ0n) is 11.6. The standard InChI is InChI=1S/C17H17Cl2NO/c18-15-9-8-14(10-16(15)19)21-17(11-20-13-6-7-13)12-4-2-1-3-5-12/h1-5,8-10,13,17,20H,6-7,11H2. The summed E-state index contributed by atoms with van der Waals surface area (Å²) in [5.41, 5.74) is 1.15. The first-order valence-corrected chi connectivity index (χ1v) is 7.88. The molecular weight excluding hydrogens is 305 g/mol. The van der Waals surface area contributed by atoms with Crippen LogP contribution in [0.5, 0.6) is 5.75 Å². The van der Waals surface area contributed by atoms with E-state index in [0.717, 1.165) is 17.9 Å². The van der Waals surface area contributed by atoms with Gasteiger partial charge in [0.1, 0.15) is 11.9 Å². The molecule has 1 unspecified atom stereocenters. The van der Waals surface area contributed by atoms with Gasteiger partial charge in [0.15, 0.2) is 0 Å². The van der Waals surface area contributed by atoms with Crippen molar-refractivity contribution in [3.05, 3.63) is 64.1 Å². The Kier molecular flexibility index (Phi) is 4.69. The molecule has 2 nitrogen and oxygen atoms in total. The summed E-state index contributed by atoms with van der Waals surface area (Å²) in [6.07, 6.45) is 2.48. The van der Waals surface area contributed by atoms with Crippen LogP contribution in [0.4, 0.5) is 0 Å². The van der Waals surface area contributed by atoms with Crippen LogP contribution in [0.25, 0.3) is 0 Å². The van der Waals surface area contributed by atoms with Crippen LogP contribution in [0, 0.1) is 0 Å². The second kappa shape index (κ2) is 6.69. The summed E-state index contributed by atoms with van der Waals surface area (Å²) in [4.78, 5) is 0. The molecule has 0 heterocycles.